The second-order valence-corrected chi connectivity index (χ2v) is 5.22. The molecule has 0 spiro atoms. The van der Waals surface area contributed by atoms with Gasteiger partial charge >= 0.3 is 5.97 Å². The molecule has 0 amide bonds. The molecular formula is C12H7Br2NO3. The second-order valence-electron chi connectivity index (χ2n) is 3.39. The molecule has 92 valence electrons. The molecule has 2 rings (SSSR count). The molecule has 0 saturated carbocycles. The van der Waals surface area contributed by atoms with Crippen molar-refractivity contribution >= 4 is 37.8 Å². The summed E-state index contributed by atoms with van der Waals surface area (Å²) in [6.45, 7) is 0. The third kappa shape index (κ3) is 3.08. The van der Waals surface area contributed by atoms with Crippen LogP contribution >= 0.6 is 31.9 Å². The fourth-order valence-electron chi connectivity index (χ4n) is 1.33. The summed E-state index contributed by atoms with van der Waals surface area (Å²) in [5.41, 5.74) is 0.0955. The molecule has 2 aromatic rings. The molecular weight excluding hydrogens is 366 g/mol. The molecule has 18 heavy (non-hydrogen) atoms. The monoisotopic (exact) mass is 371 g/mol. The molecule has 0 aliphatic heterocycles. The zero-order valence-corrected chi connectivity index (χ0v) is 12.1. The fraction of sp³-hybridized carbons (Fsp3) is 0. The molecule has 0 bridgehead atoms. The maximum Gasteiger partial charge on any atom is 0.339 e. The number of aromatic nitrogens is 1. The van der Waals surface area contributed by atoms with E-state index in [0.717, 1.165) is 8.95 Å². The Hall–Kier alpha value is -1.40. The van der Waals surface area contributed by atoms with Crippen molar-refractivity contribution in [3.63, 3.8) is 0 Å². The van der Waals surface area contributed by atoms with Gasteiger partial charge < -0.3 is 9.84 Å². The summed E-state index contributed by atoms with van der Waals surface area (Å²) in [5.74, 6) is -0.317. The highest BCUT2D eigenvalue weighted by Gasteiger charge is 2.12. The Morgan fingerprint density at radius 2 is 1.94 bits per heavy atom. The lowest BCUT2D eigenvalue weighted by Crippen LogP contribution is -2.00. The van der Waals surface area contributed by atoms with Gasteiger partial charge in [0, 0.05) is 15.1 Å². The standard InChI is InChI=1S/C12H7Br2NO3/c13-7-1-2-10(12(16)17)11(4-7)18-9-3-8(14)5-15-6-9/h1-6H,(H,16,17). The highest BCUT2D eigenvalue weighted by molar-refractivity contribution is 9.10. The SMILES string of the molecule is O=C(O)c1ccc(Br)cc1Oc1cncc(Br)c1. The van der Waals surface area contributed by atoms with Gasteiger partial charge in [0.05, 0.1) is 6.20 Å². The van der Waals surface area contributed by atoms with Crippen molar-refractivity contribution in [1.29, 1.82) is 0 Å². The van der Waals surface area contributed by atoms with Crippen LogP contribution in [0.2, 0.25) is 0 Å². The zero-order valence-electron chi connectivity index (χ0n) is 8.93. The third-order valence-corrected chi connectivity index (χ3v) is 3.01. The normalized spacial score (nSPS) is 10.1. The predicted molar refractivity (Wildman–Crippen MR) is 73.1 cm³/mol. The molecule has 4 nitrogen and oxygen atoms in total. The van der Waals surface area contributed by atoms with Crippen LogP contribution in [0, 0.1) is 0 Å². The Balaban J connectivity index is 2.39. The smallest absolute Gasteiger partial charge is 0.339 e. The van der Waals surface area contributed by atoms with Crippen LogP contribution < -0.4 is 4.74 Å². The molecule has 0 unspecified atom stereocenters. The lowest BCUT2D eigenvalue weighted by Gasteiger charge is -2.09. The number of hydrogen-bond acceptors (Lipinski definition) is 3. The van der Waals surface area contributed by atoms with Gasteiger partial charge in [-0.1, -0.05) is 15.9 Å². The number of hydrogen-bond donors (Lipinski definition) is 1. The van der Waals surface area contributed by atoms with Gasteiger partial charge in [0.2, 0.25) is 0 Å². The Morgan fingerprint density at radius 3 is 2.61 bits per heavy atom. The summed E-state index contributed by atoms with van der Waals surface area (Å²) in [4.78, 5) is 15.0. The molecule has 1 aromatic carbocycles. The van der Waals surface area contributed by atoms with Crippen molar-refractivity contribution in [2.45, 2.75) is 0 Å². The van der Waals surface area contributed by atoms with Gasteiger partial charge in [-0.25, -0.2) is 4.79 Å². The minimum absolute atomic E-state index is 0.0955. The van der Waals surface area contributed by atoms with Crippen LogP contribution in [0.3, 0.4) is 0 Å². The highest BCUT2D eigenvalue weighted by atomic mass is 79.9. The van der Waals surface area contributed by atoms with E-state index in [4.69, 9.17) is 9.84 Å². The first-order valence-electron chi connectivity index (χ1n) is 4.87. The summed E-state index contributed by atoms with van der Waals surface area (Å²) < 4.78 is 7.03. The van der Waals surface area contributed by atoms with E-state index in [2.05, 4.69) is 36.8 Å². The van der Waals surface area contributed by atoms with Gasteiger partial charge in [-0.05, 0) is 40.2 Å². The zero-order chi connectivity index (χ0) is 13.1. The van der Waals surface area contributed by atoms with E-state index in [9.17, 15) is 4.79 Å². The van der Waals surface area contributed by atoms with Crippen LogP contribution in [0.15, 0.2) is 45.6 Å². The van der Waals surface area contributed by atoms with Crippen molar-refractivity contribution in [1.82, 2.24) is 4.98 Å². The van der Waals surface area contributed by atoms with E-state index >= 15 is 0 Å². The maximum absolute atomic E-state index is 11.1. The number of pyridine rings is 1. The highest BCUT2D eigenvalue weighted by Crippen LogP contribution is 2.29. The van der Waals surface area contributed by atoms with Crippen molar-refractivity contribution < 1.29 is 14.6 Å². The predicted octanol–water partition coefficient (Wildman–Crippen LogP) is 4.10. The number of rotatable bonds is 3. The largest absolute Gasteiger partial charge is 0.478 e. The third-order valence-electron chi connectivity index (χ3n) is 2.08. The van der Waals surface area contributed by atoms with E-state index in [-0.39, 0.29) is 11.3 Å². The molecule has 1 aromatic heterocycles. The van der Waals surface area contributed by atoms with Crippen LogP contribution in [0.25, 0.3) is 0 Å². The summed E-state index contributed by atoms with van der Waals surface area (Å²) in [5, 5.41) is 9.07. The molecule has 0 saturated heterocycles. The summed E-state index contributed by atoms with van der Waals surface area (Å²) in [6, 6.07) is 6.44. The van der Waals surface area contributed by atoms with Gasteiger partial charge in [0.15, 0.2) is 0 Å². The van der Waals surface area contributed by atoms with E-state index in [0.29, 0.717) is 5.75 Å². The minimum Gasteiger partial charge on any atom is -0.478 e. The first-order chi connectivity index (χ1) is 8.56. The van der Waals surface area contributed by atoms with Crippen LogP contribution in [-0.2, 0) is 0 Å². The number of carboxylic acids is 1. The summed E-state index contributed by atoms with van der Waals surface area (Å²) >= 11 is 6.54. The Labute approximate surface area is 120 Å². The molecule has 0 aliphatic rings. The lowest BCUT2D eigenvalue weighted by atomic mass is 10.2. The second kappa shape index (κ2) is 5.49. The van der Waals surface area contributed by atoms with Gasteiger partial charge in [-0.3, -0.25) is 4.98 Å². The van der Waals surface area contributed by atoms with Crippen molar-refractivity contribution in [2.24, 2.45) is 0 Å². The number of aromatic carboxylic acids is 1. The maximum atomic E-state index is 11.1. The lowest BCUT2D eigenvalue weighted by molar-refractivity contribution is 0.0694. The molecule has 0 radical (unpaired) electrons. The van der Waals surface area contributed by atoms with Crippen molar-refractivity contribution in [2.75, 3.05) is 0 Å². The van der Waals surface area contributed by atoms with Crippen LogP contribution in [0.4, 0.5) is 0 Å². The quantitative estimate of drug-likeness (QED) is 0.881. The molecule has 0 aliphatic carbocycles. The number of benzene rings is 1. The molecule has 6 heteroatoms. The van der Waals surface area contributed by atoms with E-state index in [1.54, 1.807) is 24.4 Å². The summed E-state index contributed by atoms with van der Waals surface area (Å²) in [6.07, 6.45) is 3.13. The van der Waals surface area contributed by atoms with Crippen molar-refractivity contribution in [3.8, 4) is 11.5 Å². The first kappa shape index (κ1) is 13.0. The molecule has 1 heterocycles. The summed E-state index contributed by atoms with van der Waals surface area (Å²) in [7, 11) is 0. The van der Waals surface area contributed by atoms with Gasteiger partial charge in [0.1, 0.15) is 17.1 Å². The topological polar surface area (TPSA) is 59.4 Å². The van der Waals surface area contributed by atoms with Crippen LogP contribution in [0.5, 0.6) is 11.5 Å². The number of nitrogens with zero attached hydrogens (tertiary/aromatic N) is 1. The first-order valence-corrected chi connectivity index (χ1v) is 6.46. The average Bonchev–Trinajstić information content (AvgIpc) is 2.28. The Morgan fingerprint density at radius 1 is 1.17 bits per heavy atom. The van der Waals surface area contributed by atoms with Gasteiger partial charge in [-0.15, -0.1) is 0 Å². The van der Waals surface area contributed by atoms with E-state index < -0.39 is 5.97 Å². The fourth-order valence-corrected chi connectivity index (χ4v) is 2.02. The van der Waals surface area contributed by atoms with Crippen molar-refractivity contribution in [3.05, 3.63) is 51.2 Å². The van der Waals surface area contributed by atoms with Gasteiger partial charge in [-0.2, -0.15) is 0 Å². The number of ether oxygens (including phenoxy) is 1. The molecule has 0 fully saturated rings. The van der Waals surface area contributed by atoms with Gasteiger partial charge in [0.25, 0.3) is 0 Å². The number of halogens is 2. The molecule has 0 atom stereocenters. The van der Waals surface area contributed by atoms with Crippen LogP contribution in [-0.4, -0.2) is 16.1 Å². The van der Waals surface area contributed by atoms with E-state index in [1.165, 1.54) is 12.3 Å². The van der Waals surface area contributed by atoms with E-state index in [1.807, 2.05) is 0 Å². The molecule has 1 N–H and O–H groups in total. The minimum atomic E-state index is -1.04. The Bertz CT molecular complexity index is 602. The van der Waals surface area contributed by atoms with Crippen LogP contribution in [0.1, 0.15) is 10.4 Å². The number of carbonyl (C=O) groups is 1. The Kier molecular flexibility index (Phi) is 3.98. The number of carboxylic acid groups (broad SMARTS) is 1. The average molecular weight is 373 g/mol.